The molecule has 1 aromatic carbocycles. The number of halogens is 1. The summed E-state index contributed by atoms with van der Waals surface area (Å²) in [6.45, 7) is 5.89. The molecule has 0 saturated heterocycles. The fraction of sp³-hybridized carbons (Fsp3) is 0.500. The summed E-state index contributed by atoms with van der Waals surface area (Å²) in [4.78, 5) is 0. The van der Waals surface area contributed by atoms with Crippen LogP contribution in [0.1, 0.15) is 31.0 Å². The van der Waals surface area contributed by atoms with E-state index in [0.29, 0.717) is 0 Å². The lowest BCUT2D eigenvalue weighted by Gasteiger charge is -2.21. The largest absolute Gasteiger partial charge is 0.394 e. The highest BCUT2D eigenvalue weighted by Gasteiger charge is 2.14. The van der Waals surface area contributed by atoms with E-state index in [1.54, 1.807) is 6.07 Å². The van der Waals surface area contributed by atoms with Crippen molar-refractivity contribution < 1.29 is 9.50 Å². The summed E-state index contributed by atoms with van der Waals surface area (Å²) in [6, 6.07) is 4.70. The Morgan fingerprint density at radius 1 is 1.40 bits per heavy atom. The van der Waals surface area contributed by atoms with Crippen LogP contribution in [0.5, 0.6) is 0 Å². The summed E-state index contributed by atoms with van der Waals surface area (Å²) < 4.78 is 13.1. The second-order valence-electron chi connectivity index (χ2n) is 4.06. The molecule has 0 bridgehead atoms. The Morgan fingerprint density at radius 2 is 2.07 bits per heavy atom. The number of aryl methyl sites for hydroxylation is 1. The second-order valence-corrected chi connectivity index (χ2v) is 4.06. The first-order valence-corrected chi connectivity index (χ1v) is 5.17. The fourth-order valence-electron chi connectivity index (χ4n) is 1.63. The minimum atomic E-state index is -0.264. The molecule has 0 aliphatic carbocycles. The number of hydrogen-bond acceptors (Lipinski definition) is 2. The highest BCUT2D eigenvalue weighted by Crippen LogP contribution is 2.19. The summed E-state index contributed by atoms with van der Waals surface area (Å²) in [7, 11) is 0. The van der Waals surface area contributed by atoms with Crippen molar-refractivity contribution >= 4 is 0 Å². The van der Waals surface area contributed by atoms with E-state index in [1.165, 1.54) is 12.1 Å². The van der Waals surface area contributed by atoms with Crippen molar-refractivity contribution in [1.82, 2.24) is 5.32 Å². The zero-order valence-electron chi connectivity index (χ0n) is 9.42. The van der Waals surface area contributed by atoms with Gasteiger partial charge < -0.3 is 10.4 Å². The van der Waals surface area contributed by atoms with Gasteiger partial charge in [0.25, 0.3) is 0 Å². The summed E-state index contributed by atoms with van der Waals surface area (Å²) >= 11 is 0. The Kier molecular flexibility index (Phi) is 4.24. The molecule has 1 unspecified atom stereocenters. The lowest BCUT2D eigenvalue weighted by Crippen LogP contribution is -2.31. The van der Waals surface area contributed by atoms with Crippen LogP contribution < -0.4 is 5.32 Å². The normalized spacial score (nSPS) is 13.2. The van der Waals surface area contributed by atoms with Crippen LogP contribution in [-0.4, -0.2) is 17.8 Å². The number of aliphatic hydroxyl groups is 1. The van der Waals surface area contributed by atoms with E-state index in [-0.39, 0.29) is 24.5 Å². The van der Waals surface area contributed by atoms with E-state index in [1.807, 2.05) is 20.8 Å². The summed E-state index contributed by atoms with van der Waals surface area (Å²) in [5, 5.41) is 12.5. The van der Waals surface area contributed by atoms with Crippen molar-refractivity contribution in [2.45, 2.75) is 32.9 Å². The number of nitrogens with one attached hydrogen (secondary N) is 1. The predicted octanol–water partition coefficient (Wildman–Crippen LogP) is 2.17. The van der Waals surface area contributed by atoms with Gasteiger partial charge in [-0.25, -0.2) is 4.39 Å². The first kappa shape index (κ1) is 12.1. The third kappa shape index (κ3) is 3.29. The van der Waals surface area contributed by atoms with Gasteiger partial charge in [-0.15, -0.1) is 0 Å². The van der Waals surface area contributed by atoms with Gasteiger partial charge in [-0.3, -0.25) is 0 Å². The number of aliphatic hydroxyl groups excluding tert-OH is 1. The average Bonchev–Trinajstić information content (AvgIpc) is 2.18. The maximum Gasteiger partial charge on any atom is 0.123 e. The van der Waals surface area contributed by atoms with Gasteiger partial charge in [-0.1, -0.05) is 19.9 Å². The first-order chi connectivity index (χ1) is 7.04. The lowest BCUT2D eigenvalue weighted by molar-refractivity contribution is 0.236. The zero-order valence-corrected chi connectivity index (χ0v) is 9.42. The molecule has 1 aromatic rings. The van der Waals surface area contributed by atoms with Crippen LogP contribution >= 0.6 is 0 Å². The maximum absolute atomic E-state index is 13.1. The van der Waals surface area contributed by atoms with Gasteiger partial charge in [0.2, 0.25) is 0 Å². The SMILES string of the molecule is Cc1ccc(F)cc1C(CO)NC(C)C. The molecule has 1 rings (SSSR count). The molecule has 15 heavy (non-hydrogen) atoms. The smallest absolute Gasteiger partial charge is 0.123 e. The monoisotopic (exact) mass is 211 g/mol. The van der Waals surface area contributed by atoms with E-state index >= 15 is 0 Å². The Hall–Kier alpha value is -0.930. The van der Waals surface area contributed by atoms with Gasteiger partial charge >= 0.3 is 0 Å². The van der Waals surface area contributed by atoms with E-state index < -0.39 is 0 Å². The molecule has 0 fully saturated rings. The molecule has 0 radical (unpaired) electrons. The van der Waals surface area contributed by atoms with Gasteiger partial charge in [0.1, 0.15) is 5.82 Å². The first-order valence-electron chi connectivity index (χ1n) is 5.17. The van der Waals surface area contributed by atoms with Gasteiger partial charge in [0.15, 0.2) is 0 Å². The molecular weight excluding hydrogens is 193 g/mol. The number of rotatable bonds is 4. The molecule has 1 atom stereocenters. The molecule has 2 N–H and O–H groups in total. The molecule has 84 valence electrons. The van der Waals surface area contributed by atoms with Gasteiger partial charge in [-0.05, 0) is 30.2 Å². The molecule has 0 aliphatic heterocycles. The molecule has 0 amide bonds. The highest BCUT2D eigenvalue weighted by atomic mass is 19.1. The van der Waals surface area contributed by atoms with Crippen LogP contribution in [0.25, 0.3) is 0 Å². The summed E-state index contributed by atoms with van der Waals surface area (Å²) in [5.74, 6) is -0.264. The molecule has 2 nitrogen and oxygen atoms in total. The second kappa shape index (κ2) is 5.24. The minimum Gasteiger partial charge on any atom is -0.394 e. The Bertz CT molecular complexity index is 325. The van der Waals surface area contributed by atoms with E-state index in [4.69, 9.17) is 0 Å². The van der Waals surface area contributed by atoms with Crippen LogP contribution in [0.15, 0.2) is 18.2 Å². The van der Waals surface area contributed by atoms with Gasteiger partial charge in [0.05, 0.1) is 12.6 Å². The van der Waals surface area contributed by atoms with Crippen molar-refractivity contribution in [3.63, 3.8) is 0 Å². The third-order valence-electron chi connectivity index (χ3n) is 2.33. The van der Waals surface area contributed by atoms with E-state index in [0.717, 1.165) is 11.1 Å². The fourth-order valence-corrected chi connectivity index (χ4v) is 1.63. The average molecular weight is 211 g/mol. The molecule has 3 heteroatoms. The van der Waals surface area contributed by atoms with Crippen molar-refractivity contribution in [3.05, 3.63) is 35.1 Å². The highest BCUT2D eigenvalue weighted by molar-refractivity contribution is 5.29. The van der Waals surface area contributed by atoms with Crippen molar-refractivity contribution in [2.24, 2.45) is 0 Å². The molecule has 0 heterocycles. The predicted molar refractivity (Wildman–Crippen MR) is 59.2 cm³/mol. The van der Waals surface area contributed by atoms with Gasteiger partial charge in [-0.2, -0.15) is 0 Å². The molecule has 0 saturated carbocycles. The molecule has 0 aromatic heterocycles. The Balaban J connectivity index is 2.95. The minimum absolute atomic E-state index is 0.0253. The molecular formula is C12H18FNO. The quantitative estimate of drug-likeness (QED) is 0.800. The Labute approximate surface area is 90.1 Å². The van der Waals surface area contributed by atoms with Crippen LogP contribution in [0.2, 0.25) is 0 Å². The zero-order chi connectivity index (χ0) is 11.4. The van der Waals surface area contributed by atoms with Crippen LogP contribution in [0.3, 0.4) is 0 Å². The van der Waals surface area contributed by atoms with Crippen LogP contribution in [-0.2, 0) is 0 Å². The topological polar surface area (TPSA) is 32.3 Å². The third-order valence-corrected chi connectivity index (χ3v) is 2.33. The maximum atomic E-state index is 13.1. The standard InChI is InChI=1S/C12H18FNO/c1-8(2)14-12(7-15)11-6-10(13)5-4-9(11)3/h4-6,8,12,14-15H,7H2,1-3H3. The van der Waals surface area contributed by atoms with Crippen LogP contribution in [0.4, 0.5) is 4.39 Å². The lowest BCUT2D eigenvalue weighted by atomic mass is 10.0. The molecule has 0 aliphatic rings. The van der Waals surface area contributed by atoms with Crippen molar-refractivity contribution in [1.29, 1.82) is 0 Å². The molecule has 0 spiro atoms. The number of hydrogen-bond donors (Lipinski definition) is 2. The Morgan fingerprint density at radius 3 is 2.60 bits per heavy atom. The summed E-state index contributed by atoms with van der Waals surface area (Å²) in [5.41, 5.74) is 1.81. The van der Waals surface area contributed by atoms with Gasteiger partial charge in [0, 0.05) is 6.04 Å². The van der Waals surface area contributed by atoms with Crippen molar-refractivity contribution in [2.75, 3.05) is 6.61 Å². The number of benzene rings is 1. The van der Waals surface area contributed by atoms with Crippen molar-refractivity contribution in [3.8, 4) is 0 Å². The summed E-state index contributed by atoms with van der Waals surface area (Å²) in [6.07, 6.45) is 0. The van der Waals surface area contributed by atoms with E-state index in [2.05, 4.69) is 5.32 Å². The van der Waals surface area contributed by atoms with Crippen LogP contribution in [0, 0.1) is 12.7 Å². The van der Waals surface area contributed by atoms with E-state index in [9.17, 15) is 9.50 Å².